The van der Waals surface area contributed by atoms with E-state index in [0.29, 0.717) is 18.3 Å². The molecule has 92 valence electrons. The molecule has 2 heterocycles. The molecule has 0 atom stereocenters. The van der Waals surface area contributed by atoms with Crippen LogP contribution in [0.1, 0.15) is 30.0 Å². The number of hydrogen-bond acceptors (Lipinski definition) is 5. The van der Waals surface area contributed by atoms with E-state index in [1.165, 1.54) is 5.56 Å². The van der Waals surface area contributed by atoms with Crippen LogP contribution < -0.4 is 5.32 Å². The average Bonchev–Trinajstić information content (AvgIpc) is 2.85. The van der Waals surface area contributed by atoms with E-state index in [4.69, 9.17) is 4.42 Å². The zero-order chi connectivity index (χ0) is 12.3. The molecule has 6 heteroatoms. The van der Waals surface area contributed by atoms with Crippen LogP contribution in [0.15, 0.2) is 10.6 Å². The van der Waals surface area contributed by atoms with Crippen molar-refractivity contribution in [3.63, 3.8) is 0 Å². The molecule has 0 spiro atoms. The van der Waals surface area contributed by atoms with Gasteiger partial charge in [0.25, 0.3) is 0 Å². The molecule has 0 radical (unpaired) electrons. The minimum Gasteiger partial charge on any atom is -0.424 e. The van der Waals surface area contributed by atoms with Gasteiger partial charge in [-0.3, -0.25) is 4.68 Å². The molecule has 0 amide bonds. The molecule has 0 unspecified atom stereocenters. The van der Waals surface area contributed by atoms with Crippen molar-refractivity contribution in [2.45, 2.75) is 33.4 Å². The second-order valence-corrected chi connectivity index (χ2v) is 3.95. The van der Waals surface area contributed by atoms with Gasteiger partial charge in [0.15, 0.2) is 0 Å². The highest BCUT2D eigenvalue weighted by Crippen LogP contribution is 2.07. The van der Waals surface area contributed by atoms with Crippen LogP contribution >= 0.6 is 0 Å². The van der Waals surface area contributed by atoms with Gasteiger partial charge in [-0.2, -0.15) is 5.10 Å². The lowest BCUT2D eigenvalue weighted by molar-refractivity contribution is 0.446. The SMILES string of the molecule is CCc1nn(C)cc1CNCc1nnc(C)o1. The van der Waals surface area contributed by atoms with Crippen LogP contribution in [0.5, 0.6) is 0 Å². The Bertz CT molecular complexity index is 488. The van der Waals surface area contributed by atoms with Crippen LogP contribution in [0.4, 0.5) is 0 Å². The van der Waals surface area contributed by atoms with Crippen molar-refractivity contribution >= 4 is 0 Å². The first-order valence-corrected chi connectivity index (χ1v) is 5.70. The fourth-order valence-corrected chi connectivity index (χ4v) is 1.74. The highest BCUT2D eigenvalue weighted by atomic mass is 16.4. The third-order valence-corrected chi connectivity index (χ3v) is 2.49. The summed E-state index contributed by atoms with van der Waals surface area (Å²) in [5.74, 6) is 1.21. The van der Waals surface area contributed by atoms with Gasteiger partial charge >= 0.3 is 0 Å². The van der Waals surface area contributed by atoms with Crippen molar-refractivity contribution in [2.24, 2.45) is 7.05 Å². The quantitative estimate of drug-likeness (QED) is 0.836. The van der Waals surface area contributed by atoms with Crippen molar-refractivity contribution in [3.05, 3.63) is 29.2 Å². The molecule has 2 rings (SSSR count). The van der Waals surface area contributed by atoms with Crippen LogP contribution in [-0.4, -0.2) is 20.0 Å². The van der Waals surface area contributed by atoms with Crippen LogP contribution in [-0.2, 0) is 26.6 Å². The van der Waals surface area contributed by atoms with E-state index >= 15 is 0 Å². The molecule has 0 aromatic carbocycles. The molecule has 0 saturated carbocycles. The van der Waals surface area contributed by atoms with Crippen molar-refractivity contribution in [1.82, 2.24) is 25.3 Å². The van der Waals surface area contributed by atoms with Gasteiger partial charge < -0.3 is 9.73 Å². The summed E-state index contributed by atoms with van der Waals surface area (Å²) >= 11 is 0. The fraction of sp³-hybridized carbons (Fsp3) is 0.545. The molecular formula is C11H17N5O. The second kappa shape index (κ2) is 5.09. The Morgan fingerprint density at radius 3 is 2.82 bits per heavy atom. The molecule has 6 nitrogen and oxygen atoms in total. The fourth-order valence-electron chi connectivity index (χ4n) is 1.74. The largest absolute Gasteiger partial charge is 0.424 e. The molecular weight excluding hydrogens is 218 g/mol. The van der Waals surface area contributed by atoms with Crippen LogP contribution in [0.3, 0.4) is 0 Å². The molecule has 0 aliphatic heterocycles. The van der Waals surface area contributed by atoms with Crippen molar-refractivity contribution in [1.29, 1.82) is 0 Å². The third-order valence-electron chi connectivity index (χ3n) is 2.49. The number of hydrogen-bond donors (Lipinski definition) is 1. The van der Waals surface area contributed by atoms with Gasteiger partial charge in [0.2, 0.25) is 11.8 Å². The second-order valence-electron chi connectivity index (χ2n) is 3.95. The lowest BCUT2D eigenvalue weighted by Gasteiger charge is -2.00. The van der Waals surface area contributed by atoms with Gasteiger partial charge in [0.05, 0.1) is 12.2 Å². The molecule has 0 aliphatic carbocycles. The van der Waals surface area contributed by atoms with Gasteiger partial charge in [0.1, 0.15) is 0 Å². The summed E-state index contributed by atoms with van der Waals surface area (Å²) in [5.41, 5.74) is 2.34. The molecule has 1 N–H and O–H groups in total. The van der Waals surface area contributed by atoms with E-state index in [0.717, 1.165) is 18.7 Å². The zero-order valence-electron chi connectivity index (χ0n) is 10.4. The molecule has 0 saturated heterocycles. The Morgan fingerprint density at radius 1 is 1.35 bits per heavy atom. The monoisotopic (exact) mass is 235 g/mol. The van der Waals surface area contributed by atoms with E-state index in [1.54, 1.807) is 6.92 Å². The predicted molar refractivity (Wildman–Crippen MR) is 62.2 cm³/mol. The van der Waals surface area contributed by atoms with E-state index in [1.807, 2.05) is 17.9 Å². The Hall–Kier alpha value is -1.69. The molecule has 0 fully saturated rings. The summed E-state index contributed by atoms with van der Waals surface area (Å²) in [6, 6.07) is 0. The zero-order valence-corrected chi connectivity index (χ0v) is 10.4. The van der Waals surface area contributed by atoms with E-state index in [2.05, 4.69) is 27.5 Å². The van der Waals surface area contributed by atoms with E-state index in [9.17, 15) is 0 Å². The highest BCUT2D eigenvalue weighted by Gasteiger charge is 2.06. The first-order valence-electron chi connectivity index (χ1n) is 5.70. The van der Waals surface area contributed by atoms with Gasteiger partial charge in [-0.25, -0.2) is 0 Å². The Balaban J connectivity index is 1.89. The molecule has 2 aromatic heterocycles. The van der Waals surface area contributed by atoms with Gasteiger partial charge in [-0.05, 0) is 6.42 Å². The minimum absolute atomic E-state index is 0.582. The Labute approximate surface area is 100 Å². The van der Waals surface area contributed by atoms with E-state index in [-0.39, 0.29) is 0 Å². The lowest BCUT2D eigenvalue weighted by Crippen LogP contribution is -2.13. The Morgan fingerprint density at radius 2 is 2.18 bits per heavy atom. The summed E-state index contributed by atoms with van der Waals surface area (Å²) in [4.78, 5) is 0. The maximum atomic E-state index is 5.28. The van der Waals surface area contributed by atoms with Crippen LogP contribution in [0, 0.1) is 6.92 Å². The number of aromatic nitrogens is 4. The van der Waals surface area contributed by atoms with Gasteiger partial charge in [0, 0.05) is 32.3 Å². The molecule has 0 aliphatic rings. The summed E-state index contributed by atoms with van der Waals surface area (Å²) in [7, 11) is 1.93. The topological polar surface area (TPSA) is 68.8 Å². The summed E-state index contributed by atoms with van der Waals surface area (Å²) in [6.45, 7) is 5.23. The van der Waals surface area contributed by atoms with Crippen molar-refractivity contribution in [3.8, 4) is 0 Å². The smallest absolute Gasteiger partial charge is 0.230 e. The van der Waals surface area contributed by atoms with Crippen LogP contribution in [0.25, 0.3) is 0 Å². The van der Waals surface area contributed by atoms with E-state index < -0.39 is 0 Å². The number of nitrogens with zero attached hydrogens (tertiary/aromatic N) is 4. The average molecular weight is 235 g/mol. The maximum Gasteiger partial charge on any atom is 0.230 e. The predicted octanol–water partition coefficient (Wildman–Crippen LogP) is 0.964. The van der Waals surface area contributed by atoms with Crippen molar-refractivity contribution < 1.29 is 4.42 Å². The van der Waals surface area contributed by atoms with Crippen LogP contribution in [0.2, 0.25) is 0 Å². The maximum absolute atomic E-state index is 5.28. The van der Waals surface area contributed by atoms with Gasteiger partial charge in [-0.15, -0.1) is 10.2 Å². The summed E-state index contributed by atoms with van der Waals surface area (Å²) < 4.78 is 7.12. The Kier molecular flexibility index (Phi) is 3.53. The summed E-state index contributed by atoms with van der Waals surface area (Å²) in [5, 5.41) is 15.4. The minimum atomic E-state index is 0.582. The summed E-state index contributed by atoms with van der Waals surface area (Å²) in [6.07, 6.45) is 2.97. The highest BCUT2D eigenvalue weighted by molar-refractivity contribution is 5.16. The van der Waals surface area contributed by atoms with Crippen molar-refractivity contribution in [2.75, 3.05) is 0 Å². The lowest BCUT2D eigenvalue weighted by atomic mass is 10.2. The molecule has 2 aromatic rings. The first-order chi connectivity index (χ1) is 8.19. The normalized spacial score (nSPS) is 11.0. The third kappa shape index (κ3) is 2.91. The number of nitrogens with one attached hydrogen (secondary N) is 1. The number of rotatable bonds is 5. The van der Waals surface area contributed by atoms with Gasteiger partial charge in [-0.1, -0.05) is 6.92 Å². The standard InChI is InChI=1S/C11H17N5O/c1-4-10-9(7-16(3)15-10)5-12-6-11-14-13-8(2)17-11/h7,12H,4-6H2,1-3H3. The molecule has 17 heavy (non-hydrogen) atoms. The number of aryl methyl sites for hydroxylation is 3. The first kappa shape index (κ1) is 11.8. The molecule has 0 bridgehead atoms.